The largest absolute Gasteiger partial charge is 0.376 e. The van der Waals surface area contributed by atoms with E-state index in [9.17, 15) is 4.79 Å². The summed E-state index contributed by atoms with van der Waals surface area (Å²) in [4.78, 5) is 19.0. The second-order valence-electron chi connectivity index (χ2n) is 6.09. The van der Waals surface area contributed by atoms with Crippen molar-refractivity contribution in [1.29, 1.82) is 0 Å². The molecule has 2 aromatic rings. The van der Waals surface area contributed by atoms with Crippen LogP contribution in [0.25, 0.3) is 0 Å². The zero-order valence-electron chi connectivity index (χ0n) is 13.7. The normalized spacial score (nSPS) is 17.0. The number of amides is 1. The number of anilines is 1. The first-order valence-electron chi connectivity index (χ1n) is 8.20. The van der Waals surface area contributed by atoms with Gasteiger partial charge in [-0.3, -0.25) is 9.78 Å². The van der Waals surface area contributed by atoms with E-state index < -0.39 is 0 Å². The van der Waals surface area contributed by atoms with Gasteiger partial charge in [0.1, 0.15) is 0 Å². The van der Waals surface area contributed by atoms with Crippen molar-refractivity contribution in [2.45, 2.75) is 32.3 Å². The van der Waals surface area contributed by atoms with Crippen LogP contribution in [0.1, 0.15) is 24.0 Å². The average molecular weight is 389 g/mol. The fourth-order valence-electron chi connectivity index (χ4n) is 2.90. The van der Waals surface area contributed by atoms with Crippen LogP contribution in [0.3, 0.4) is 0 Å². The van der Waals surface area contributed by atoms with E-state index in [1.807, 2.05) is 42.2 Å². The van der Waals surface area contributed by atoms with Gasteiger partial charge in [0.05, 0.1) is 19.1 Å². The third-order valence-corrected chi connectivity index (χ3v) is 4.87. The molecule has 126 valence electrons. The highest BCUT2D eigenvalue weighted by Gasteiger charge is 2.24. The number of carbonyl (C=O) groups is 1. The molecule has 1 aromatic heterocycles. The maximum atomic E-state index is 13.0. The summed E-state index contributed by atoms with van der Waals surface area (Å²) in [5, 5.41) is 0. The van der Waals surface area contributed by atoms with Crippen LogP contribution in [0.2, 0.25) is 0 Å². The smallest absolute Gasteiger partial charge is 0.231 e. The van der Waals surface area contributed by atoms with Crippen LogP contribution in [0.5, 0.6) is 0 Å². The number of ether oxygens (including phenoxy) is 1. The molecule has 0 unspecified atom stereocenters. The molecule has 2 heterocycles. The first kappa shape index (κ1) is 17.1. The monoisotopic (exact) mass is 388 g/mol. The Morgan fingerprint density at radius 1 is 1.33 bits per heavy atom. The summed E-state index contributed by atoms with van der Waals surface area (Å²) in [5.41, 5.74) is 2.96. The van der Waals surface area contributed by atoms with E-state index >= 15 is 0 Å². The molecule has 1 fully saturated rings. The molecule has 0 bridgehead atoms. The summed E-state index contributed by atoms with van der Waals surface area (Å²) in [7, 11) is 0. The fraction of sp³-hybridized carbons (Fsp3) is 0.368. The van der Waals surface area contributed by atoms with Crippen molar-refractivity contribution in [3.8, 4) is 0 Å². The number of benzene rings is 1. The molecular weight excluding hydrogens is 368 g/mol. The lowest BCUT2D eigenvalue weighted by molar-refractivity contribution is -0.118. The predicted molar refractivity (Wildman–Crippen MR) is 98.1 cm³/mol. The third kappa shape index (κ3) is 4.22. The van der Waals surface area contributed by atoms with E-state index in [0.29, 0.717) is 13.0 Å². The van der Waals surface area contributed by atoms with E-state index in [2.05, 4.69) is 20.9 Å². The van der Waals surface area contributed by atoms with Gasteiger partial charge in [-0.1, -0.05) is 15.9 Å². The van der Waals surface area contributed by atoms with Crippen LogP contribution >= 0.6 is 15.9 Å². The number of aryl methyl sites for hydroxylation is 1. The van der Waals surface area contributed by atoms with Gasteiger partial charge in [-0.2, -0.15) is 0 Å². The van der Waals surface area contributed by atoms with Crippen molar-refractivity contribution in [2.75, 3.05) is 18.1 Å². The average Bonchev–Trinajstić information content (AvgIpc) is 3.09. The minimum atomic E-state index is 0.0731. The number of hydrogen-bond donors (Lipinski definition) is 0. The topological polar surface area (TPSA) is 42.4 Å². The second-order valence-corrected chi connectivity index (χ2v) is 7.01. The summed E-state index contributed by atoms with van der Waals surface area (Å²) < 4.78 is 6.74. The standard InChI is InChI=1S/C19H21BrN2O2/c1-14-8-9-21-12-15(14)11-19(23)22(13-18-3-2-10-24-18)17-6-4-16(20)5-7-17/h4-9,12,18H,2-3,10-11,13H2,1H3/t18-/m1/s1. The summed E-state index contributed by atoms with van der Waals surface area (Å²) in [6.07, 6.45) is 6.07. The first-order valence-corrected chi connectivity index (χ1v) is 9.00. The highest BCUT2D eigenvalue weighted by Crippen LogP contribution is 2.23. The molecule has 5 heteroatoms. The maximum absolute atomic E-state index is 13.0. The molecular formula is C19H21BrN2O2. The van der Waals surface area contributed by atoms with E-state index in [1.54, 1.807) is 12.4 Å². The number of aromatic nitrogens is 1. The van der Waals surface area contributed by atoms with Crippen LogP contribution in [0.15, 0.2) is 47.2 Å². The van der Waals surface area contributed by atoms with Gasteiger partial charge >= 0.3 is 0 Å². The molecule has 0 saturated carbocycles. The van der Waals surface area contributed by atoms with Gasteiger partial charge in [0.25, 0.3) is 0 Å². The molecule has 0 aliphatic carbocycles. The maximum Gasteiger partial charge on any atom is 0.231 e. The lowest BCUT2D eigenvalue weighted by Gasteiger charge is -2.26. The molecule has 1 amide bonds. The molecule has 0 N–H and O–H groups in total. The number of nitrogens with zero attached hydrogens (tertiary/aromatic N) is 2. The number of hydrogen-bond acceptors (Lipinski definition) is 3. The van der Waals surface area contributed by atoms with Crippen molar-refractivity contribution < 1.29 is 9.53 Å². The van der Waals surface area contributed by atoms with Gasteiger partial charge < -0.3 is 9.64 Å². The van der Waals surface area contributed by atoms with Gasteiger partial charge in [-0.25, -0.2) is 0 Å². The van der Waals surface area contributed by atoms with Crippen molar-refractivity contribution in [1.82, 2.24) is 4.98 Å². The summed E-state index contributed by atoms with van der Waals surface area (Å²) >= 11 is 3.45. The molecule has 4 nitrogen and oxygen atoms in total. The van der Waals surface area contributed by atoms with Gasteiger partial charge in [0.2, 0.25) is 5.91 Å². The predicted octanol–water partition coefficient (Wildman–Crippen LogP) is 3.91. The van der Waals surface area contributed by atoms with Gasteiger partial charge in [0, 0.05) is 29.2 Å². The zero-order valence-corrected chi connectivity index (χ0v) is 15.3. The number of rotatable bonds is 5. The number of pyridine rings is 1. The van der Waals surface area contributed by atoms with Crippen molar-refractivity contribution in [3.05, 3.63) is 58.3 Å². The lowest BCUT2D eigenvalue weighted by atomic mass is 10.1. The molecule has 1 aliphatic rings. The third-order valence-electron chi connectivity index (χ3n) is 4.34. The quantitative estimate of drug-likeness (QED) is 0.779. The molecule has 1 atom stereocenters. The van der Waals surface area contributed by atoms with E-state index in [1.165, 1.54) is 0 Å². The summed E-state index contributed by atoms with van der Waals surface area (Å²) in [6, 6.07) is 9.79. The SMILES string of the molecule is Cc1ccncc1CC(=O)N(C[C@H]1CCCO1)c1ccc(Br)cc1. The summed E-state index contributed by atoms with van der Waals surface area (Å²) in [5.74, 6) is 0.0731. The Labute approximate surface area is 151 Å². The molecule has 0 radical (unpaired) electrons. The minimum Gasteiger partial charge on any atom is -0.376 e. The molecule has 0 spiro atoms. The molecule has 1 aromatic carbocycles. The first-order chi connectivity index (χ1) is 11.6. The van der Waals surface area contributed by atoms with E-state index in [4.69, 9.17) is 4.74 Å². The van der Waals surface area contributed by atoms with Gasteiger partial charge in [-0.15, -0.1) is 0 Å². The van der Waals surface area contributed by atoms with Crippen LogP contribution in [-0.2, 0) is 16.0 Å². The highest BCUT2D eigenvalue weighted by atomic mass is 79.9. The van der Waals surface area contributed by atoms with Gasteiger partial charge in [0.15, 0.2) is 0 Å². The Morgan fingerprint density at radius 2 is 2.12 bits per heavy atom. The Morgan fingerprint density at radius 3 is 2.79 bits per heavy atom. The Balaban J connectivity index is 1.81. The number of carbonyl (C=O) groups excluding carboxylic acids is 1. The van der Waals surface area contributed by atoms with Crippen molar-refractivity contribution >= 4 is 27.5 Å². The van der Waals surface area contributed by atoms with E-state index in [-0.39, 0.29) is 12.0 Å². The van der Waals surface area contributed by atoms with Gasteiger partial charge in [-0.05, 0) is 61.2 Å². The molecule has 1 aliphatic heterocycles. The summed E-state index contributed by atoms with van der Waals surface area (Å²) in [6.45, 7) is 3.39. The van der Waals surface area contributed by atoms with Crippen LogP contribution < -0.4 is 4.90 Å². The van der Waals surface area contributed by atoms with Crippen LogP contribution in [0, 0.1) is 6.92 Å². The van der Waals surface area contributed by atoms with Crippen molar-refractivity contribution in [3.63, 3.8) is 0 Å². The number of halogens is 1. The van der Waals surface area contributed by atoms with Crippen molar-refractivity contribution in [2.24, 2.45) is 0 Å². The molecule has 1 saturated heterocycles. The Kier molecular flexibility index (Phi) is 5.63. The lowest BCUT2D eigenvalue weighted by Crippen LogP contribution is -2.38. The Bertz CT molecular complexity index is 697. The van der Waals surface area contributed by atoms with Crippen LogP contribution in [-0.4, -0.2) is 30.1 Å². The highest BCUT2D eigenvalue weighted by molar-refractivity contribution is 9.10. The molecule has 24 heavy (non-hydrogen) atoms. The second kappa shape index (κ2) is 7.90. The van der Waals surface area contributed by atoms with Crippen LogP contribution in [0.4, 0.5) is 5.69 Å². The zero-order chi connectivity index (χ0) is 16.9. The molecule has 3 rings (SSSR count). The fourth-order valence-corrected chi connectivity index (χ4v) is 3.17. The Hall–Kier alpha value is -1.72. The van der Waals surface area contributed by atoms with E-state index in [0.717, 1.165) is 40.7 Å². The minimum absolute atomic E-state index is 0.0731.